The van der Waals surface area contributed by atoms with Crippen LogP contribution in [0.4, 0.5) is 4.79 Å². The molecule has 138 valence electrons. The fourth-order valence-corrected chi connectivity index (χ4v) is 4.82. The number of nitrogens with zero attached hydrogens (tertiary/aromatic N) is 1. The van der Waals surface area contributed by atoms with Crippen LogP contribution in [-0.2, 0) is 5.41 Å². The first-order valence-corrected chi connectivity index (χ1v) is 10.5. The molecule has 2 N–H and O–H groups in total. The van der Waals surface area contributed by atoms with E-state index in [1.807, 2.05) is 6.07 Å². The third-order valence-electron chi connectivity index (χ3n) is 5.74. The third kappa shape index (κ3) is 3.94. The zero-order chi connectivity index (χ0) is 17.8. The Hall–Kier alpha value is -1.85. The summed E-state index contributed by atoms with van der Waals surface area (Å²) in [6.07, 6.45) is 4.83. The molecule has 4 rings (SSSR count). The summed E-state index contributed by atoms with van der Waals surface area (Å²) in [6.45, 7) is 3.65. The Balaban J connectivity index is 1.30. The molecule has 0 bridgehead atoms. The van der Waals surface area contributed by atoms with Crippen LogP contribution in [0.5, 0.6) is 0 Å². The molecule has 1 atom stereocenters. The third-order valence-corrected chi connectivity index (χ3v) is 6.71. The lowest BCUT2D eigenvalue weighted by Crippen LogP contribution is -2.43. The van der Waals surface area contributed by atoms with Gasteiger partial charge < -0.3 is 10.6 Å². The minimum Gasteiger partial charge on any atom is -0.337 e. The minimum absolute atomic E-state index is 0.0482. The molecule has 1 unspecified atom stereocenters. The molecule has 1 saturated carbocycles. The van der Waals surface area contributed by atoms with E-state index in [0.29, 0.717) is 12.6 Å². The molecule has 1 aliphatic heterocycles. The number of nitrogens with one attached hydrogen (secondary N) is 2. The van der Waals surface area contributed by atoms with Crippen LogP contribution in [0.1, 0.15) is 42.2 Å². The van der Waals surface area contributed by atoms with E-state index in [2.05, 4.69) is 57.3 Å². The Bertz CT molecular complexity index is 706. The van der Waals surface area contributed by atoms with Gasteiger partial charge in [-0.25, -0.2) is 4.79 Å². The Morgan fingerprint density at radius 1 is 1.08 bits per heavy atom. The Kier molecular flexibility index (Phi) is 5.27. The lowest BCUT2D eigenvalue weighted by molar-refractivity contribution is 0.221. The topological polar surface area (TPSA) is 44.4 Å². The highest BCUT2D eigenvalue weighted by molar-refractivity contribution is 7.10. The molecule has 1 aliphatic carbocycles. The van der Waals surface area contributed by atoms with E-state index in [1.165, 1.54) is 23.3 Å². The fourth-order valence-electron chi connectivity index (χ4n) is 3.96. The molecular weight excluding hydrogens is 342 g/mol. The van der Waals surface area contributed by atoms with Gasteiger partial charge in [-0.15, -0.1) is 11.3 Å². The van der Waals surface area contributed by atoms with Crippen molar-refractivity contribution in [2.75, 3.05) is 26.2 Å². The summed E-state index contributed by atoms with van der Waals surface area (Å²) in [5.41, 5.74) is 1.49. The zero-order valence-electron chi connectivity index (χ0n) is 15.1. The number of benzene rings is 1. The summed E-state index contributed by atoms with van der Waals surface area (Å²) < 4.78 is 0. The SMILES string of the molecule is O=C(NCC(c1cccs1)N1CCCC1)NCC1(c2ccccc2)CC1. The van der Waals surface area contributed by atoms with E-state index in [0.717, 1.165) is 32.5 Å². The first-order valence-electron chi connectivity index (χ1n) is 9.62. The number of amides is 2. The predicted molar refractivity (Wildman–Crippen MR) is 107 cm³/mol. The van der Waals surface area contributed by atoms with E-state index in [4.69, 9.17) is 0 Å². The molecule has 1 saturated heterocycles. The second-order valence-corrected chi connectivity index (χ2v) is 8.46. The van der Waals surface area contributed by atoms with Gasteiger partial charge >= 0.3 is 6.03 Å². The maximum atomic E-state index is 12.4. The second-order valence-electron chi connectivity index (χ2n) is 7.48. The summed E-state index contributed by atoms with van der Waals surface area (Å²) in [6, 6.07) is 15.1. The minimum atomic E-state index is -0.0482. The van der Waals surface area contributed by atoms with Gasteiger partial charge in [0, 0.05) is 23.4 Å². The van der Waals surface area contributed by atoms with E-state index >= 15 is 0 Å². The van der Waals surface area contributed by atoms with Crippen LogP contribution in [0.15, 0.2) is 47.8 Å². The fraction of sp³-hybridized carbons (Fsp3) is 0.476. The maximum Gasteiger partial charge on any atom is 0.314 e. The van der Waals surface area contributed by atoms with Crippen molar-refractivity contribution in [1.29, 1.82) is 0 Å². The molecule has 4 nitrogen and oxygen atoms in total. The van der Waals surface area contributed by atoms with Crippen LogP contribution >= 0.6 is 11.3 Å². The number of hydrogen-bond acceptors (Lipinski definition) is 3. The molecule has 2 heterocycles. The van der Waals surface area contributed by atoms with Crippen molar-refractivity contribution >= 4 is 17.4 Å². The van der Waals surface area contributed by atoms with Crippen LogP contribution in [0, 0.1) is 0 Å². The largest absolute Gasteiger partial charge is 0.337 e. The van der Waals surface area contributed by atoms with Gasteiger partial charge in [0.2, 0.25) is 0 Å². The van der Waals surface area contributed by atoms with Crippen LogP contribution in [0.3, 0.4) is 0 Å². The van der Waals surface area contributed by atoms with E-state index < -0.39 is 0 Å². The van der Waals surface area contributed by atoms with Crippen molar-refractivity contribution in [3.63, 3.8) is 0 Å². The average Bonchev–Trinajstić information content (AvgIpc) is 3.05. The maximum absolute atomic E-state index is 12.4. The number of carbonyl (C=O) groups excluding carboxylic acids is 1. The average molecular weight is 370 g/mol. The Morgan fingerprint density at radius 3 is 2.50 bits per heavy atom. The molecule has 2 aliphatic rings. The predicted octanol–water partition coefficient (Wildman–Crippen LogP) is 3.92. The van der Waals surface area contributed by atoms with E-state index in [-0.39, 0.29) is 11.4 Å². The highest BCUT2D eigenvalue weighted by atomic mass is 32.1. The van der Waals surface area contributed by atoms with Gasteiger partial charge in [-0.1, -0.05) is 36.4 Å². The number of carbonyl (C=O) groups is 1. The summed E-state index contributed by atoms with van der Waals surface area (Å²) in [4.78, 5) is 16.2. The van der Waals surface area contributed by atoms with Crippen molar-refractivity contribution in [3.05, 3.63) is 58.3 Å². The molecule has 26 heavy (non-hydrogen) atoms. The van der Waals surface area contributed by atoms with Crippen LogP contribution in [0.2, 0.25) is 0 Å². The van der Waals surface area contributed by atoms with Crippen LogP contribution in [-0.4, -0.2) is 37.1 Å². The van der Waals surface area contributed by atoms with Gasteiger partial charge in [0.1, 0.15) is 0 Å². The Labute approximate surface area is 159 Å². The number of likely N-dealkylation sites (tertiary alicyclic amines) is 1. The van der Waals surface area contributed by atoms with Gasteiger partial charge in [-0.2, -0.15) is 0 Å². The van der Waals surface area contributed by atoms with Gasteiger partial charge in [0.15, 0.2) is 0 Å². The molecule has 2 aromatic rings. The van der Waals surface area contributed by atoms with Gasteiger partial charge in [0.05, 0.1) is 6.04 Å². The van der Waals surface area contributed by atoms with Crippen molar-refractivity contribution in [1.82, 2.24) is 15.5 Å². The lowest BCUT2D eigenvalue weighted by atomic mass is 9.96. The monoisotopic (exact) mass is 369 g/mol. The normalized spacial score (nSPS) is 19.8. The molecule has 2 amide bonds. The standard InChI is InChI=1S/C21H27N3OS/c25-20(23-16-21(10-11-21)17-7-2-1-3-8-17)22-15-18(19-9-6-14-26-19)24-12-4-5-13-24/h1-3,6-9,14,18H,4-5,10-13,15-16H2,(H2,22,23,25). The van der Waals surface area contributed by atoms with Crippen molar-refractivity contribution in [2.24, 2.45) is 0 Å². The molecule has 1 aromatic heterocycles. The molecule has 1 aromatic carbocycles. The van der Waals surface area contributed by atoms with Gasteiger partial charge in [-0.05, 0) is 55.8 Å². The van der Waals surface area contributed by atoms with Crippen LogP contribution in [0.25, 0.3) is 0 Å². The molecule has 5 heteroatoms. The molecule has 2 fully saturated rings. The smallest absolute Gasteiger partial charge is 0.314 e. The van der Waals surface area contributed by atoms with E-state index in [1.54, 1.807) is 11.3 Å². The van der Waals surface area contributed by atoms with Crippen molar-refractivity contribution < 1.29 is 4.79 Å². The number of hydrogen-bond donors (Lipinski definition) is 2. The Morgan fingerprint density at radius 2 is 1.85 bits per heavy atom. The quantitative estimate of drug-likeness (QED) is 0.777. The van der Waals surface area contributed by atoms with Gasteiger partial charge in [-0.3, -0.25) is 4.90 Å². The van der Waals surface area contributed by atoms with E-state index in [9.17, 15) is 4.79 Å². The number of urea groups is 1. The lowest BCUT2D eigenvalue weighted by Gasteiger charge is -2.27. The molecule has 0 radical (unpaired) electrons. The summed E-state index contributed by atoms with van der Waals surface area (Å²) in [5, 5.41) is 8.34. The van der Waals surface area contributed by atoms with Gasteiger partial charge in [0.25, 0.3) is 0 Å². The number of thiophene rings is 1. The van der Waals surface area contributed by atoms with Crippen LogP contribution < -0.4 is 10.6 Å². The molecular formula is C21H27N3OS. The van der Waals surface area contributed by atoms with Crippen molar-refractivity contribution in [3.8, 4) is 0 Å². The summed E-state index contributed by atoms with van der Waals surface area (Å²) in [5.74, 6) is 0. The highest BCUT2D eigenvalue weighted by Crippen LogP contribution is 2.47. The first-order chi connectivity index (χ1) is 12.8. The zero-order valence-corrected chi connectivity index (χ0v) is 15.9. The summed E-state index contributed by atoms with van der Waals surface area (Å²) >= 11 is 1.78. The second kappa shape index (κ2) is 7.80. The number of rotatable bonds is 7. The molecule has 0 spiro atoms. The van der Waals surface area contributed by atoms with Crippen molar-refractivity contribution in [2.45, 2.75) is 37.1 Å². The summed E-state index contributed by atoms with van der Waals surface area (Å²) in [7, 11) is 0. The first kappa shape index (κ1) is 17.6. The highest BCUT2D eigenvalue weighted by Gasteiger charge is 2.44.